The molecule has 0 unspecified atom stereocenters. The van der Waals surface area contributed by atoms with E-state index in [9.17, 15) is 14.9 Å². The van der Waals surface area contributed by atoms with Crippen molar-refractivity contribution in [3.63, 3.8) is 0 Å². The molecule has 0 saturated carbocycles. The molecule has 1 N–H and O–H groups in total. The van der Waals surface area contributed by atoms with Gasteiger partial charge in [-0.05, 0) is 30.7 Å². The maximum atomic E-state index is 12.9. The minimum atomic E-state index is -0.565. The van der Waals surface area contributed by atoms with E-state index in [1.165, 1.54) is 18.2 Å². The highest BCUT2D eigenvalue weighted by Crippen LogP contribution is 2.30. The lowest BCUT2D eigenvalue weighted by Crippen LogP contribution is -2.15. The fraction of sp³-hybridized carbons (Fsp3) is 0.0476. The average molecular weight is 372 g/mol. The van der Waals surface area contributed by atoms with Gasteiger partial charge in [0.05, 0.1) is 4.92 Å². The molecule has 138 valence electrons. The summed E-state index contributed by atoms with van der Waals surface area (Å²) in [7, 11) is 0. The molecule has 2 aromatic carbocycles. The summed E-state index contributed by atoms with van der Waals surface area (Å²) in [5.41, 5.74) is 2.89. The number of anilines is 1. The molecule has 0 radical (unpaired) electrons. The number of carbonyl (C=O) groups excluding carboxylic acids is 1. The molecule has 0 bridgehead atoms. The molecule has 2 aromatic heterocycles. The SMILES string of the molecule is Cc1ccn2c(NC(=O)c3ccccc3[N+](=O)[O-])c(-c3ccccc3)nc2c1. The predicted octanol–water partition coefficient (Wildman–Crippen LogP) is 4.47. The van der Waals surface area contributed by atoms with Crippen molar-refractivity contribution >= 4 is 23.1 Å². The summed E-state index contributed by atoms with van der Waals surface area (Å²) in [6.07, 6.45) is 1.82. The van der Waals surface area contributed by atoms with Gasteiger partial charge in [-0.25, -0.2) is 4.98 Å². The Bertz CT molecular complexity index is 1200. The van der Waals surface area contributed by atoms with Crippen LogP contribution in [-0.4, -0.2) is 20.2 Å². The van der Waals surface area contributed by atoms with Crippen LogP contribution in [0.4, 0.5) is 11.5 Å². The predicted molar refractivity (Wildman–Crippen MR) is 106 cm³/mol. The smallest absolute Gasteiger partial charge is 0.282 e. The Morgan fingerprint density at radius 3 is 2.54 bits per heavy atom. The van der Waals surface area contributed by atoms with E-state index in [2.05, 4.69) is 10.3 Å². The zero-order valence-electron chi connectivity index (χ0n) is 15.0. The number of nitrogens with one attached hydrogen (secondary N) is 1. The maximum Gasteiger partial charge on any atom is 0.282 e. The Hall–Kier alpha value is -4.00. The molecule has 2 heterocycles. The number of pyridine rings is 1. The molecule has 0 spiro atoms. The Morgan fingerprint density at radius 1 is 1.07 bits per heavy atom. The van der Waals surface area contributed by atoms with Crippen molar-refractivity contribution in [3.8, 4) is 11.3 Å². The Kier molecular flexibility index (Phi) is 4.33. The molecule has 0 saturated heterocycles. The number of hydrogen-bond donors (Lipinski definition) is 1. The number of aryl methyl sites for hydroxylation is 1. The molecule has 7 nitrogen and oxygen atoms in total. The number of fused-ring (bicyclic) bond motifs is 1. The van der Waals surface area contributed by atoms with Gasteiger partial charge in [0.25, 0.3) is 11.6 Å². The normalized spacial score (nSPS) is 10.8. The van der Waals surface area contributed by atoms with Gasteiger partial charge in [-0.3, -0.25) is 19.3 Å². The number of hydrogen-bond acceptors (Lipinski definition) is 4. The van der Waals surface area contributed by atoms with E-state index in [0.717, 1.165) is 11.1 Å². The largest absolute Gasteiger partial charge is 0.306 e. The summed E-state index contributed by atoms with van der Waals surface area (Å²) in [6, 6.07) is 19.2. The number of nitro benzene ring substituents is 1. The van der Waals surface area contributed by atoms with Gasteiger partial charge in [-0.2, -0.15) is 0 Å². The molecule has 7 heteroatoms. The summed E-state index contributed by atoms with van der Waals surface area (Å²) < 4.78 is 1.77. The fourth-order valence-electron chi connectivity index (χ4n) is 3.06. The number of benzene rings is 2. The van der Waals surface area contributed by atoms with Crippen LogP contribution in [0, 0.1) is 17.0 Å². The molecule has 0 aliphatic carbocycles. The number of nitro groups is 1. The number of rotatable bonds is 4. The second-order valence-corrected chi connectivity index (χ2v) is 6.34. The third kappa shape index (κ3) is 3.09. The van der Waals surface area contributed by atoms with Gasteiger partial charge in [-0.1, -0.05) is 42.5 Å². The Balaban J connectivity index is 1.84. The number of nitrogens with zero attached hydrogens (tertiary/aromatic N) is 3. The third-order valence-electron chi connectivity index (χ3n) is 4.41. The Morgan fingerprint density at radius 2 is 1.79 bits per heavy atom. The van der Waals surface area contributed by atoms with Crippen LogP contribution >= 0.6 is 0 Å². The first-order valence-electron chi connectivity index (χ1n) is 8.63. The minimum absolute atomic E-state index is 0.00595. The number of aromatic nitrogens is 2. The van der Waals surface area contributed by atoms with E-state index in [4.69, 9.17) is 0 Å². The van der Waals surface area contributed by atoms with E-state index >= 15 is 0 Å². The molecule has 4 rings (SSSR count). The molecule has 4 aromatic rings. The molecular weight excluding hydrogens is 356 g/mol. The first-order chi connectivity index (χ1) is 13.5. The summed E-state index contributed by atoms with van der Waals surface area (Å²) in [5, 5.41) is 14.1. The van der Waals surface area contributed by atoms with Gasteiger partial charge < -0.3 is 5.32 Å². The van der Waals surface area contributed by atoms with Crippen LogP contribution in [0.5, 0.6) is 0 Å². The van der Waals surface area contributed by atoms with Crippen LogP contribution in [0.2, 0.25) is 0 Å². The highest BCUT2D eigenvalue weighted by atomic mass is 16.6. The number of amides is 1. The zero-order valence-corrected chi connectivity index (χ0v) is 15.0. The summed E-state index contributed by atoms with van der Waals surface area (Å²) in [6.45, 7) is 1.96. The fourth-order valence-corrected chi connectivity index (χ4v) is 3.06. The van der Waals surface area contributed by atoms with Crippen LogP contribution in [0.15, 0.2) is 72.9 Å². The second kappa shape index (κ2) is 6.96. The van der Waals surface area contributed by atoms with Gasteiger partial charge in [-0.15, -0.1) is 0 Å². The topological polar surface area (TPSA) is 89.5 Å². The lowest BCUT2D eigenvalue weighted by atomic mass is 10.1. The standard InChI is InChI=1S/C21H16N4O3/c1-14-11-12-24-18(13-14)22-19(15-7-3-2-4-8-15)20(24)23-21(26)16-9-5-6-10-17(16)25(27)28/h2-13H,1H3,(H,23,26). The summed E-state index contributed by atoms with van der Waals surface area (Å²) in [5.74, 6) is -0.101. The number of para-hydroxylation sites is 1. The molecule has 0 atom stereocenters. The lowest BCUT2D eigenvalue weighted by Gasteiger charge is -2.08. The quantitative estimate of drug-likeness (QED) is 0.423. The van der Waals surface area contributed by atoms with Crippen molar-refractivity contribution in [3.05, 3.63) is 94.2 Å². The average Bonchev–Trinajstić information content (AvgIpc) is 3.06. The molecular formula is C21H16N4O3. The van der Waals surface area contributed by atoms with Crippen molar-refractivity contribution < 1.29 is 9.72 Å². The van der Waals surface area contributed by atoms with Crippen LogP contribution in [0.25, 0.3) is 16.9 Å². The van der Waals surface area contributed by atoms with Crippen LogP contribution in [0.3, 0.4) is 0 Å². The van der Waals surface area contributed by atoms with Crippen LogP contribution < -0.4 is 5.32 Å². The monoisotopic (exact) mass is 372 g/mol. The van der Waals surface area contributed by atoms with Crippen LogP contribution in [-0.2, 0) is 0 Å². The molecule has 0 aliphatic rings. The van der Waals surface area contributed by atoms with E-state index in [-0.39, 0.29) is 11.3 Å². The minimum Gasteiger partial charge on any atom is -0.306 e. The summed E-state index contributed by atoms with van der Waals surface area (Å²) >= 11 is 0. The van der Waals surface area contributed by atoms with E-state index in [1.807, 2.05) is 55.6 Å². The molecule has 1 amide bonds. The number of carbonyl (C=O) groups is 1. The van der Waals surface area contributed by atoms with Crippen molar-refractivity contribution in [1.29, 1.82) is 0 Å². The van der Waals surface area contributed by atoms with Gasteiger partial charge in [0.1, 0.15) is 22.7 Å². The maximum absolute atomic E-state index is 12.9. The van der Waals surface area contributed by atoms with Crippen molar-refractivity contribution in [2.45, 2.75) is 6.92 Å². The van der Waals surface area contributed by atoms with Crippen molar-refractivity contribution in [1.82, 2.24) is 9.38 Å². The van der Waals surface area contributed by atoms with Crippen molar-refractivity contribution in [2.75, 3.05) is 5.32 Å². The van der Waals surface area contributed by atoms with E-state index in [1.54, 1.807) is 10.5 Å². The highest BCUT2D eigenvalue weighted by Gasteiger charge is 2.22. The second-order valence-electron chi connectivity index (χ2n) is 6.34. The number of imidazole rings is 1. The molecule has 0 aliphatic heterocycles. The molecule has 0 fully saturated rings. The van der Waals surface area contributed by atoms with Gasteiger partial charge in [0.2, 0.25) is 0 Å². The summed E-state index contributed by atoms with van der Waals surface area (Å²) in [4.78, 5) is 28.2. The first kappa shape index (κ1) is 17.4. The Labute approximate surface area is 160 Å². The van der Waals surface area contributed by atoms with E-state index < -0.39 is 10.8 Å². The molecule has 28 heavy (non-hydrogen) atoms. The van der Waals surface area contributed by atoms with Crippen LogP contribution in [0.1, 0.15) is 15.9 Å². The lowest BCUT2D eigenvalue weighted by molar-refractivity contribution is -0.385. The zero-order chi connectivity index (χ0) is 19.7. The third-order valence-corrected chi connectivity index (χ3v) is 4.41. The van der Waals surface area contributed by atoms with Gasteiger partial charge in [0, 0.05) is 17.8 Å². The van der Waals surface area contributed by atoms with E-state index in [0.29, 0.717) is 17.2 Å². The highest BCUT2D eigenvalue weighted by molar-refractivity contribution is 6.08. The van der Waals surface area contributed by atoms with Gasteiger partial charge in [0.15, 0.2) is 0 Å². The first-order valence-corrected chi connectivity index (χ1v) is 8.63. The van der Waals surface area contributed by atoms with Crippen molar-refractivity contribution in [2.24, 2.45) is 0 Å². The van der Waals surface area contributed by atoms with Gasteiger partial charge >= 0.3 is 0 Å².